The Balaban J connectivity index is 1.37. The fourth-order valence-corrected chi connectivity index (χ4v) is 5.50. The van der Waals surface area contributed by atoms with Gasteiger partial charge in [-0.25, -0.2) is 9.78 Å². The lowest BCUT2D eigenvalue weighted by molar-refractivity contribution is 0.240. The fourth-order valence-electron chi connectivity index (χ4n) is 4.59. The molecular formula is C27H22Cl4N4O. The van der Waals surface area contributed by atoms with Gasteiger partial charge in [-0.2, -0.15) is 0 Å². The zero-order valence-electron chi connectivity index (χ0n) is 19.1. The van der Waals surface area contributed by atoms with Crippen LogP contribution < -0.4 is 5.32 Å². The van der Waals surface area contributed by atoms with Gasteiger partial charge in [0.05, 0.1) is 5.52 Å². The van der Waals surface area contributed by atoms with Gasteiger partial charge in [0.25, 0.3) is 0 Å². The van der Waals surface area contributed by atoms with Crippen LogP contribution >= 0.6 is 46.4 Å². The van der Waals surface area contributed by atoms with Crippen LogP contribution in [0.15, 0.2) is 60.8 Å². The number of benzene rings is 2. The van der Waals surface area contributed by atoms with Crippen LogP contribution in [0.1, 0.15) is 22.4 Å². The summed E-state index contributed by atoms with van der Waals surface area (Å²) in [5.41, 5.74) is 4.83. The Hall–Kier alpha value is -2.54. The van der Waals surface area contributed by atoms with Crippen molar-refractivity contribution in [3.8, 4) is 0 Å². The molecule has 9 heteroatoms. The van der Waals surface area contributed by atoms with E-state index >= 15 is 0 Å². The van der Waals surface area contributed by atoms with Crippen molar-refractivity contribution >= 4 is 69.4 Å². The molecule has 0 unspecified atom stereocenters. The van der Waals surface area contributed by atoms with Gasteiger partial charge in [-0.1, -0.05) is 58.6 Å². The van der Waals surface area contributed by atoms with Crippen LogP contribution in [0.3, 0.4) is 0 Å². The summed E-state index contributed by atoms with van der Waals surface area (Å²) in [6.07, 6.45) is 6.49. The summed E-state index contributed by atoms with van der Waals surface area (Å²) >= 11 is 24.6. The summed E-state index contributed by atoms with van der Waals surface area (Å²) in [7, 11) is 0. The number of nitrogens with one attached hydrogen (secondary N) is 1. The van der Waals surface area contributed by atoms with Crippen molar-refractivity contribution in [1.29, 1.82) is 0 Å². The first kappa shape index (κ1) is 25.1. The average molecular weight is 560 g/mol. The molecule has 0 bridgehead atoms. The van der Waals surface area contributed by atoms with Crippen LogP contribution in [0, 0.1) is 0 Å². The Morgan fingerprint density at radius 3 is 2.58 bits per heavy atom. The Labute approximate surface area is 229 Å². The number of nitrogens with zero attached hydrogens (tertiary/aromatic N) is 3. The smallest absolute Gasteiger partial charge is 0.326 e. The first-order valence-electron chi connectivity index (χ1n) is 11.4. The van der Waals surface area contributed by atoms with Gasteiger partial charge in [0, 0.05) is 64.9 Å². The number of fused-ring (bicyclic) bond motifs is 3. The number of rotatable bonds is 5. The largest absolute Gasteiger partial charge is 0.333 e. The predicted octanol–water partition coefficient (Wildman–Crippen LogP) is 7.48. The van der Waals surface area contributed by atoms with Crippen molar-refractivity contribution in [1.82, 2.24) is 19.8 Å². The molecule has 36 heavy (non-hydrogen) atoms. The summed E-state index contributed by atoms with van der Waals surface area (Å²) in [5.74, 6) is 0. The van der Waals surface area contributed by atoms with E-state index in [9.17, 15) is 4.79 Å². The first-order chi connectivity index (χ1) is 17.4. The summed E-state index contributed by atoms with van der Waals surface area (Å²) in [4.78, 5) is 19.7. The number of amides is 1. The van der Waals surface area contributed by atoms with E-state index in [4.69, 9.17) is 46.4 Å². The normalized spacial score (nSPS) is 13.9. The number of hydrogen-bond acceptors (Lipinski definition) is 3. The molecule has 0 saturated carbocycles. The van der Waals surface area contributed by atoms with Crippen molar-refractivity contribution < 1.29 is 4.79 Å². The van der Waals surface area contributed by atoms with E-state index < -0.39 is 0 Å². The van der Waals surface area contributed by atoms with Crippen LogP contribution in [-0.2, 0) is 19.5 Å². The number of aromatic nitrogens is 2. The molecule has 3 heterocycles. The minimum atomic E-state index is -0.178. The Kier molecular flexibility index (Phi) is 7.56. The maximum Gasteiger partial charge on any atom is 0.326 e. The average Bonchev–Trinajstić information content (AvgIpc) is 3.15. The molecule has 5 nitrogen and oxygen atoms in total. The van der Waals surface area contributed by atoms with Gasteiger partial charge in [-0.05, 0) is 65.2 Å². The molecule has 1 N–H and O–H groups in total. The Morgan fingerprint density at radius 2 is 1.81 bits per heavy atom. The number of carbonyl (C=O) groups is 1. The van der Waals surface area contributed by atoms with Gasteiger partial charge >= 0.3 is 6.03 Å². The molecule has 0 aliphatic carbocycles. The van der Waals surface area contributed by atoms with E-state index in [-0.39, 0.29) is 6.03 Å². The van der Waals surface area contributed by atoms with Crippen molar-refractivity contribution in [2.24, 2.45) is 0 Å². The summed E-state index contributed by atoms with van der Waals surface area (Å²) in [6, 6.07) is 14.5. The third-order valence-corrected chi connectivity index (χ3v) is 7.06. The van der Waals surface area contributed by atoms with Crippen molar-refractivity contribution in [2.45, 2.75) is 19.5 Å². The van der Waals surface area contributed by atoms with Crippen LogP contribution in [0.5, 0.6) is 0 Å². The molecule has 0 radical (unpaired) electrons. The summed E-state index contributed by atoms with van der Waals surface area (Å²) in [6.45, 7) is 2.65. The summed E-state index contributed by atoms with van der Waals surface area (Å²) < 4.78 is 1.78. The lowest BCUT2D eigenvalue weighted by atomic mass is 10.0. The van der Waals surface area contributed by atoms with Gasteiger partial charge in [0.1, 0.15) is 5.15 Å². The first-order valence-corrected chi connectivity index (χ1v) is 12.9. The molecule has 0 spiro atoms. The molecule has 0 saturated heterocycles. The number of pyridine rings is 1. The highest BCUT2D eigenvalue weighted by Crippen LogP contribution is 2.33. The van der Waals surface area contributed by atoms with Crippen LogP contribution in [0.4, 0.5) is 4.79 Å². The highest BCUT2D eigenvalue weighted by molar-refractivity contribution is 6.34. The third-order valence-electron chi connectivity index (χ3n) is 6.19. The molecule has 1 amide bonds. The van der Waals surface area contributed by atoms with Crippen molar-refractivity contribution in [3.05, 3.63) is 103 Å². The van der Waals surface area contributed by atoms with E-state index in [1.807, 2.05) is 42.5 Å². The van der Waals surface area contributed by atoms with Crippen LogP contribution in [0.25, 0.3) is 17.0 Å². The minimum Gasteiger partial charge on any atom is -0.333 e. The van der Waals surface area contributed by atoms with Gasteiger partial charge in [-0.15, -0.1) is 0 Å². The highest BCUT2D eigenvalue weighted by atomic mass is 35.5. The van der Waals surface area contributed by atoms with E-state index in [0.717, 1.165) is 52.8 Å². The SMILES string of the molecule is O=C(NCc1ccnc(Cl)c1)n1c2c(c3cc(Cl)ccc31)CN(CC=Cc1cc(Cl)cc(Cl)c1)CC2. The minimum absolute atomic E-state index is 0.178. The van der Waals surface area contributed by atoms with Gasteiger partial charge in [-0.3, -0.25) is 9.47 Å². The maximum absolute atomic E-state index is 13.3. The lowest BCUT2D eigenvalue weighted by Crippen LogP contribution is -2.34. The van der Waals surface area contributed by atoms with E-state index in [0.29, 0.717) is 33.3 Å². The molecule has 1 aliphatic rings. The molecule has 2 aromatic carbocycles. The molecule has 0 atom stereocenters. The molecule has 1 aliphatic heterocycles. The second-order valence-corrected chi connectivity index (χ2v) is 10.4. The Morgan fingerprint density at radius 1 is 1.00 bits per heavy atom. The van der Waals surface area contributed by atoms with E-state index in [1.54, 1.807) is 22.9 Å². The molecule has 2 aromatic heterocycles. The van der Waals surface area contributed by atoms with Gasteiger partial charge in [0.15, 0.2) is 0 Å². The second kappa shape index (κ2) is 10.8. The second-order valence-electron chi connectivity index (χ2n) is 8.66. The molecule has 0 fully saturated rings. The van der Waals surface area contributed by atoms with Crippen molar-refractivity contribution in [2.75, 3.05) is 13.1 Å². The molecule has 184 valence electrons. The van der Waals surface area contributed by atoms with Crippen molar-refractivity contribution in [3.63, 3.8) is 0 Å². The predicted molar refractivity (Wildman–Crippen MR) is 148 cm³/mol. The fraction of sp³-hybridized carbons (Fsp3) is 0.185. The molecule has 4 aromatic rings. The number of hydrogen-bond donors (Lipinski definition) is 1. The summed E-state index contributed by atoms with van der Waals surface area (Å²) in [5, 5.41) is 6.27. The highest BCUT2D eigenvalue weighted by Gasteiger charge is 2.26. The third kappa shape index (κ3) is 5.56. The van der Waals surface area contributed by atoms with E-state index in [1.165, 1.54) is 0 Å². The lowest BCUT2D eigenvalue weighted by Gasteiger charge is -2.27. The van der Waals surface area contributed by atoms with E-state index in [2.05, 4.69) is 21.3 Å². The Bertz CT molecular complexity index is 1460. The quantitative estimate of drug-likeness (QED) is 0.258. The number of carbonyl (C=O) groups excluding carboxylic acids is 1. The van der Waals surface area contributed by atoms with Gasteiger partial charge in [0.2, 0.25) is 0 Å². The van der Waals surface area contributed by atoms with Crippen LogP contribution in [0.2, 0.25) is 20.2 Å². The number of halogens is 4. The van der Waals surface area contributed by atoms with Crippen LogP contribution in [-0.4, -0.2) is 33.6 Å². The zero-order valence-corrected chi connectivity index (χ0v) is 22.2. The molecular weight excluding hydrogens is 538 g/mol. The zero-order chi connectivity index (χ0) is 25.2. The topological polar surface area (TPSA) is 50.2 Å². The van der Waals surface area contributed by atoms with Gasteiger partial charge < -0.3 is 5.32 Å². The molecule has 5 rings (SSSR count). The standard InChI is InChI=1S/C27H22Cl4N4O/c28-19-3-4-24-22(14-19)23-16-34(8-1-2-17-10-20(29)13-21(30)11-17)9-6-25(23)35(24)27(36)33-15-18-5-7-32-26(31)12-18/h1-5,7,10-14H,6,8-9,15-16H2,(H,33,36). The maximum atomic E-state index is 13.3. The monoisotopic (exact) mass is 558 g/mol.